The van der Waals surface area contributed by atoms with Gasteiger partial charge in [0.2, 0.25) is 0 Å². The van der Waals surface area contributed by atoms with Crippen molar-refractivity contribution in [3.63, 3.8) is 0 Å². The third-order valence-corrected chi connectivity index (χ3v) is 4.81. The number of hydrogen-bond acceptors (Lipinski definition) is 1. The Balaban J connectivity index is 1.97. The lowest BCUT2D eigenvalue weighted by Gasteiger charge is -2.07. The van der Waals surface area contributed by atoms with Crippen molar-refractivity contribution in [1.29, 1.82) is 0 Å². The Bertz CT molecular complexity index is 765. The quantitative estimate of drug-likeness (QED) is 0.436. The summed E-state index contributed by atoms with van der Waals surface area (Å²) in [5, 5.41) is 2.17. The third kappa shape index (κ3) is 1.58. The van der Waals surface area contributed by atoms with Gasteiger partial charge in [0, 0.05) is 11.3 Å². The predicted octanol–water partition coefficient (Wildman–Crippen LogP) is 5.30. The molecule has 0 aliphatic heterocycles. The first kappa shape index (κ1) is 11.0. The van der Waals surface area contributed by atoms with Gasteiger partial charge in [-0.3, -0.25) is 0 Å². The van der Waals surface area contributed by atoms with E-state index in [0.717, 1.165) is 0 Å². The fraction of sp³-hybridized carbons (Fsp3) is 0.0556. The molecule has 1 aliphatic rings. The molecule has 0 bridgehead atoms. The molecule has 4 rings (SSSR count). The first-order valence-corrected chi connectivity index (χ1v) is 7.34. The zero-order valence-corrected chi connectivity index (χ0v) is 11.5. The molecule has 0 spiro atoms. The summed E-state index contributed by atoms with van der Waals surface area (Å²) >= 11 is 1.83. The normalized spacial score (nSPS) is 12.3. The molecule has 91 valence electrons. The second-order valence-corrected chi connectivity index (χ2v) is 5.85. The molecule has 0 amide bonds. The van der Waals surface area contributed by atoms with E-state index in [-0.39, 0.29) is 0 Å². The third-order valence-electron chi connectivity index (χ3n) is 3.76. The lowest BCUT2D eigenvalue weighted by Crippen LogP contribution is -1.85. The summed E-state index contributed by atoms with van der Waals surface area (Å²) in [6, 6.07) is 17.5. The van der Waals surface area contributed by atoms with Gasteiger partial charge in [-0.15, -0.1) is 11.3 Å². The van der Waals surface area contributed by atoms with Crippen LogP contribution in [0.15, 0.2) is 53.9 Å². The maximum Gasteiger partial charge on any atom is 0.0375 e. The largest absolute Gasteiger partial charge is 0.144 e. The number of fused-ring (bicyclic) bond motifs is 3. The molecule has 1 heterocycles. The monoisotopic (exact) mass is 261 g/mol. The smallest absolute Gasteiger partial charge is 0.0375 e. The van der Waals surface area contributed by atoms with Crippen LogP contribution in [-0.2, 0) is 0 Å². The number of aryl methyl sites for hydroxylation is 1. The molecule has 0 N–H and O–H groups in total. The highest BCUT2D eigenvalue weighted by Crippen LogP contribution is 2.44. The van der Waals surface area contributed by atoms with E-state index in [0.29, 0.717) is 0 Å². The fourth-order valence-corrected chi connectivity index (χ4v) is 3.79. The van der Waals surface area contributed by atoms with Crippen LogP contribution in [0.25, 0.3) is 21.6 Å². The fourth-order valence-electron chi connectivity index (χ4n) is 2.83. The molecular weight excluding hydrogens is 248 g/mol. The number of hydrogen-bond donors (Lipinski definition) is 0. The Morgan fingerprint density at radius 1 is 0.789 bits per heavy atom. The summed E-state index contributed by atoms with van der Waals surface area (Å²) in [5.41, 5.74) is 8.15. The summed E-state index contributed by atoms with van der Waals surface area (Å²) < 4.78 is 0. The van der Waals surface area contributed by atoms with Crippen LogP contribution in [0.3, 0.4) is 0 Å². The van der Waals surface area contributed by atoms with Crippen molar-refractivity contribution in [3.8, 4) is 21.6 Å². The second-order valence-electron chi connectivity index (χ2n) is 4.93. The first-order chi connectivity index (χ1) is 9.34. The molecule has 0 atom stereocenters. The van der Waals surface area contributed by atoms with Gasteiger partial charge in [0.05, 0.1) is 0 Å². The Morgan fingerprint density at radius 2 is 1.58 bits per heavy atom. The van der Waals surface area contributed by atoms with Crippen molar-refractivity contribution < 1.29 is 0 Å². The van der Waals surface area contributed by atoms with Crippen LogP contribution in [0.1, 0.15) is 16.7 Å². The van der Waals surface area contributed by atoms with Crippen LogP contribution in [0.4, 0.5) is 0 Å². The molecule has 1 aliphatic carbocycles. The van der Waals surface area contributed by atoms with Crippen molar-refractivity contribution in [2.45, 2.75) is 6.92 Å². The van der Waals surface area contributed by atoms with Gasteiger partial charge in [-0.2, -0.15) is 0 Å². The standard InChI is InChI=1S/C18H13S/c1-12-9-10-19-18(12)16-8-4-7-15-14-6-3-2-5-13(14)11-17(15)16/h2-11H,1H3. The van der Waals surface area contributed by atoms with Crippen LogP contribution >= 0.6 is 11.3 Å². The van der Waals surface area contributed by atoms with Crippen molar-refractivity contribution in [1.82, 2.24) is 0 Å². The van der Waals surface area contributed by atoms with E-state index in [9.17, 15) is 0 Å². The Kier molecular flexibility index (Phi) is 2.36. The molecule has 2 aromatic carbocycles. The zero-order valence-electron chi connectivity index (χ0n) is 10.7. The topological polar surface area (TPSA) is 0 Å². The summed E-state index contributed by atoms with van der Waals surface area (Å²) in [6.45, 7) is 2.19. The van der Waals surface area contributed by atoms with E-state index in [1.807, 2.05) is 11.3 Å². The van der Waals surface area contributed by atoms with E-state index in [4.69, 9.17) is 0 Å². The molecule has 1 radical (unpaired) electrons. The summed E-state index contributed by atoms with van der Waals surface area (Å²) in [7, 11) is 0. The minimum absolute atomic E-state index is 1.33. The van der Waals surface area contributed by atoms with Gasteiger partial charge >= 0.3 is 0 Å². The van der Waals surface area contributed by atoms with Crippen molar-refractivity contribution >= 4 is 11.3 Å². The van der Waals surface area contributed by atoms with Gasteiger partial charge < -0.3 is 0 Å². The summed E-state index contributed by atoms with van der Waals surface area (Å²) in [4.78, 5) is 1.39. The SMILES string of the molecule is Cc1ccsc1-c1cccc2c1[CH]c1ccccc1-2. The molecule has 19 heavy (non-hydrogen) atoms. The predicted molar refractivity (Wildman–Crippen MR) is 82.4 cm³/mol. The minimum atomic E-state index is 1.33. The van der Waals surface area contributed by atoms with E-state index in [1.54, 1.807) is 0 Å². The second kappa shape index (κ2) is 4.07. The average Bonchev–Trinajstić information content (AvgIpc) is 3.02. The van der Waals surface area contributed by atoms with Crippen molar-refractivity contribution in [3.05, 3.63) is 77.0 Å². The molecule has 3 aromatic rings. The Labute approximate surface area is 117 Å². The van der Waals surface area contributed by atoms with Gasteiger partial charge in [-0.25, -0.2) is 0 Å². The number of rotatable bonds is 1. The maximum absolute atomic E-state index is 2.32. The van der Waals surface area contributed by atoms with Gasteiger partial charge in [0.25, 0.3) is 0 Å². The molecule has 0 saturated carbocycles. The highest BCUT2D eigenvalue weighted by Gasteiger charge is 2.22. The molecule has 1 heteroatoms. The van der Waals surface area contributed by atoms with Gasteiger partial charge in [0.15, 0.2) is 0 Å². The van der Waals surface area contributed by atoms with Crippen molar-refractivity contribution in [2.75, 3.05) is 0 Å². The Hall–Kier alpha value is -1.86. The average molecular weight is 261 g/mol. The van der Waals surface area contributed by atoms with E-state index in [2.05, 4.69) is 67.3 Å². The number of benzene rings is 2. The Morgan fingerprint density at radius 3 is 2.42 bits per heavy atom. The summed E-state index contributed by atoms with van der Waals surface area (Å²) in [6.07, 6.45) is 2.32. The highest BCUT2D eigenvalue weighted by molar-refractivity contribution is 7.13. The molecule has 0 unspecified atom stereocenters. The molecule has 1 aromatic heterocycles. The molecular formula is C18H13S. The van der Waals surface area contributed by atoms with E-state index >= 15 is 0 Å². The van der Waals surface area contributed by atoms with Crippen molar-refractivity contribution in [2.24, 2.45) is 0 Å². The van der Waals surface area contributed by atoms with E-state index < -0.39 is 0 Å². The van der Waals surface area contributed by atoms with Crippen LogP contribution in [0.5, 0.6) is 0 Å². The van der Waals surface area contributed by atoms with Crippen LogP contribution < -0.4 is 0 Å². The van der Waals surface area contributed by atoms with Gasteiger partial charge in [-0.1, -0.05) is 42.5 Å². The summed E-state index contributed by atoms with van der Waals surface area (Å²) in [5.74, 6) is 0. The van der Waals surface area contributed by atoms with Crippen LogP contribution in [0.2, 0.25) is 0 Å². The number of thiophene rings is 1. The van der Waals surface area contributed by atoms with Gasteiger partial charge in [-0.05, 0) is 51.8 Å². The zero-order chi connectivity index (χ0) is 12.8. The van der Waals surface area contributed by atoms with Crippen LogP contribution in [-0.4, -0.2) is 0 Å². The minimum Gasteiger partial charge on any atom is -0.144 e. The van der Waals surface area contributed by atoms with E-state index in [1.165, 1.54) is 38.3 Å². The first-order valence-electron chi connectivity index (χ1n) is 6.46. The highest BCUT2D eigenvalue weighted by atomic mass is 32.1. The molecule has 0 saturated heterocycles. The maximum atomic E-state index is 2.32. The lowest BCUT2D eigenvalue weighted by molar-refractivity contribution is 1.50. The lowest BCUT2D eigenvalue weighted by atomic mass is 9.99. The molecule has 0 fully saturated rings. The van der Waals surface area contributed by atoms with Gasteiger partial charge in [0.1, 0.15) is 0 Å². The molecule has 0 nitrogen and oxygen atoms in total. The van der Waals surface area contributed by atoms with Crippen LogP contribution in [0, 0.1) is 13.3 Å².